The van der Waals surface area contributed by atoms with E-state index in [1.165, 1.54) is 6.07 Å². The van der Waals surface area contributed by atoms with E-state index in [9.17, 15) is 4.79 Å². The van der Waals surface area contributed by atoms with Gasteiger partial charge in [-0.3, -0.25) is 9.78 Å². The Balaban J connectivity index is 1.99. The predicted molar refractivity (Wildman–Crippen MR) is 83.7 cm³/mol. The maximum atomic E-state index is 11.2. The lowest BCUT2D eigenvalue weighted by molar-refractivity contribution is 0.414. The van der Waals surface area contributed by atoms with E-state index in [1.807, 2.05) is 30.3 Å². The number of hydrazone groups is 1. The molecule has 0 aliphatic rings. The van der Waals surface area contributed by atoms with Crippen molar-refractivity contribution in [2.45, 2.75) is 6.92 Å². The average Bonchev–Trinajstić information content (AvgIpc) is 2.46. The molecule has 0 radical (unpaired) electrons. The molecule has 0 aliphatic carbocycles. The maximum absolute atomic E-state index is 11.2. The van der Waals surface area contributed by atoms with Crippen molar-refractivity contribution in [3.8, 4) is 5.75 Å². The molecule has 0 saturated heterocycles. The third kappa shape index (κ3) is 4.31. The smallest absolute Gasteiger partial charge is 0.252 e. The van der Waals surface area contributed by atoms with Gasteiger partial charge in [0.1, 0.15) is 5.75 Å². The number of allylic oxidation sites excluding steroid dienone is 1. The fourth-order valence-electron chi connectivity index (χ4n) is 1.72. The number of H-pyrrole nitrogens is 1. The van der Waals surface area contributed by atoms with Crippen molar-refractivity contribution in [3.63, 3.8) is 0 Å². The van der Waals surface area contributed by atoms with E-state index in [0.29, 0.717) is 11.6 Å². The van der Waals surface area contributed by atoms with Gasteiger partial charge in [-0.1, -0.05) is 18.2 Å². The molecular weight excluding hydrogens is 268 g/mol. The van der Waals surface area contributed by atoms with Gasteiger partial charge >= 0.3 is 0 Å². The second-order valence-corrected chi connectivity index (χ2v) is 4.23. The van der Waals surface area contributed by atoms with Gasteiger partial charge < -0.3 is 4.74 Å². The van der Waals surface area contributed by atoms with Crippen molar-refractivity contribution >= 4 is 18.2 Å². The van der Waals surface area contributed by atoms with Crippen LogP contribution >= 0.6 is 0 Å². The van der Waals surface area contributed by atoms with Crippen molar-refractivity contribution in [1.29, 1.82) is 0 Å². The zero-order valence-corrected chi connectivity index (χ0v) is 11.8. The summed E-state index contributed by atoms with van der Waals surface area (Å²) >= 11 is 0. The first kappa shape index (κ1) is 14.5. The van der Waals surface area contributed by atoms with Crippen molar-refractivity contribution in [3.05, 3.63) is 58.0 Å². The molecule has 0 amide bonds. The van der Waals surface area contributed by atoms with Crippen LogP contribution in [0.5, 0.6) is 5.75 Å². The molecule has 0 atom stereocenters. The van der Waals surface area contributed by atoms with Crippen LogP contribution in [0.15, 0.2) is 46.3 Å². The summed E-state index contributed by atoms with van der Waals surface area (Å²) in [4.78, 5) is 17.9. The van der Waals surface area contributed by atoms with Crippen LogP contribution < -0.4 is 15.7 Å². The summed E-state index contributed by atoms with van der Waals surface area (Å²) in [7, 11) is 1.63. The molecule has 0 fully saturated rings. The molecule has 6 heteroatoms. The number of methoxy groups -OCH3 is 1. The van der Waals surface area contributed by atoms with Gasteiger partial charge in [0.05, 0.1) is 7.11 Å². The third-order valence-corrected chi connectivity index (χ3v) is 2.62. The Morgan fingerprint density at radius 1 is 1.38 bits per heavy atom. The summed E-state index contributed by atoms with van der Waals surface area (Å²) in [6.45, 7) is 1.74. The summed E-state index contributed by atoms with van der Waals surface area (Å²) in [5, 5.41) is 3.96. The largest absolute Gasteiger partial charge is 0.496 e. The molecule has 1 heterocycles. The van der Waals surface area contributed by atoms with Gasteiger partial charge in [0.15, 0.2) is 0 Å². The number of para-hydroxylation sites is 1. The number of anilines is 1. The zero-order valence-electron chi connectivity index (χ0n) is 11.8. The zero-order chi connectivity index (χ0) is 15.1. The van der Waals surface area contributed by atoms with Gasteiger partial charge in [0.2, 0.25) is 5.95 Å². The van der Waals surface area contributed by atoms with Crippen LogP contribution in [0.4, 0.5) is 5.95 Å². The van der Waals surface area contributed by atoms with Crippen molar-refractivity contribution in [2.24, 2.45) is 5.10 Å². The van der Waals surface area contributed by atoms with Crippen LogP contribution in [-0.2, 0) is 0 Å². The van der Waals surface area contributed by atoms with Crippen LogP contribution in [0.3, 0.4) is 0 Å². The number of rotatable bonds is 5. The lowest BCUT2D eigenvalue weighted by atomic mass is 10.2. The molecule has 0 aliphatic heterocycles. The molecule has 2 N–H and O–H groups in total. The standard InChI is InChI=1S/C15H16N4O2/c1-11-10-14(20)18-15(17-11)19-16-9-5-7-12-6-3-4-8-13(12)21-2/h3-10H,1-2H3,(H2,17,18,19,20)/b7-5+,16-9?. The Morgan fingerprint density at radius 2 is 2.19 bits per heavy atom. The van der Waals surface area contributed by atoms with E-state index in [0.717, 1.165) is 11.3 Å². The Morgan fingerprint density at radius 3 is 2.95 bits per heavy atom. The van der Waals surface area contributed by atoms with Crippen LogP contribution in [0.1, 0.15) is 11.3 Å². The van der Waals surface area contributed by atoms with Gasteiger partial charge in [0.25, 0.3) is 5.56 Å². The first-order valence-electron chi connectivity index (χ1n) is 6.36. The van der Waals surface area contributed by atoms with E-state index in [1.54, 1.807) is 26.3 Å². The Hall–Kier alpha value is -2.89. The highest BCUT2D eigenvalue weighted by Gasteiger charge is 1.96. The number of aromatic nitrogens is 2. The fraction of sp³-hybridized carbons (Fsp3) is 0.133. The molecule has 108 valence electrons. The highest BCUT2D eigenvalue weighted by atomic mass is 16.5. The normalized spacial score (nSPS) is 11.1. The fourth-order valence-corrected chi connectivity index (χ4v) is 1.72. The Bertz CT molecular complexity index is 720. The number of ether oxygens (including phenoxy) is 1. The second kappa shape index (κ2) is 7.04. The minimum atomic E-state index is -0.218. The lowest BCUT2D eigenvalue weighted by Gasteiger charge is -2.02. The van der Waals surface area contributed by atoms with Crippen LogP contribution in [0.2, 0.25) is 0 Å². The second-order valence-electron chi connectivity index (χ2n) is 4.23. The summed E-state index contributed by atoms with van der Waals surface area (Å²) < 4.78 is 5.24. The Labute approximate surface area is 122 Å². The lowest BCUT2D eigenvalue weighted by Crippen LogP contribution is -2.10. The van der Waals surface area contributed by atoms with E-state index < -0.39 is 0 Å². The van der Waals surface area contributed by atoms with Crippen LogP contribution in [0.25, 0.3) is 6.08 Å². The molecule has 2 aromatic rings. The number of hydrogen-bond acceptors (Lipinski definition) is 5. The molecule has 0 spiro atoms. The minimum absolute atomic E-state index is 0.218. The van der Waals surface area contributed by atoms with Gasteiger partial charge in [-0.05, 0) is 25.1 Å². The molecule has 1 aromatic heterocycles. The molecular formula is C15H16N4O2. The first-order valence-corrected chi connectivity index (χ1v) is 6.36. The van der Waals surface area contributed by atoms with E-state index in [-0.39, 0.29) is 5.56 Å². The van der Waals surface area contributed by atoms with E-state index in [2.05, 4.69) is 20.5 Å². The summed E-state index contributed by atoms with van der Waals surface area (Å²) in [6.07, 6.45) is 5.20. The number of nitrogens with one attached hydrogen (secondary N) is 2. The molecule has 0 bridgehead atoms. The number of hydrogen-bond donors (Lipinski definition) is 2. The highest BCUT2D eigenvalue weighted by Crippen LogP contribution is 2.18. The van der Waals surface area contributed by atoms with Gasteiger partial charge in [0, 0.05) is 23.5 Å². The maximum Gasteiger partial charge on any atom is 0.252 e. The quantitative estimate of drug-likeness (QED) is 0.651. The SMILES string of the molecule is COc1ccccc1/C=C/C=NNc1nc(C)cc(=O)[nH]1. The molecule has 6 nitrogen and oxygen atoms in total. The van der Waals surface area contributed by atoms with Gasteiger partial charge in [-0.2, -0.15) is 5.10 Å². The first-order chi connectivity index (χ1) is 10.2. The summed E-state index contributed by atoms with van der Waals surface area (Å²) in [6, 6.07) is 9.08. The number of benzene rings is 1. The predicted octanol–water partition coefficient (Wildman–Crippen LogP) is 2.20. The molecule has 21 heavy (non-hydrogen) atoms. The summed E-state index contributed by atoms with van der Waals surface area (Å²) in [5.41, 5.74) is 4.02. The third-order valence-electron chi connectivity index (χ3n) is 2.62. The molecule has 0 unspecified atom stereocenters. The molecule has 0 saturated carbocycles. The van der Waals surface area contributed by atoms with E-state index in [4.69, 9.17) is 4.74 Å². The molecule has 2 rings (SSSR count). The van der Waals surface area contributed by atoms with Gasteiger partial charge in [-0.15, -0.1) is 0 Å². The minimum Gasteiger partial charge on any atom is -0.496 e. The number of aromatic amines is 1. The van der Waals surface area contributed by atoms with Crippen molar-refractivity contribution in [2.75, 3.05) is 12.5 Å². The number of aryl methyl sites for hydroxylation is 1. The van der Waals surface area contributed by atoms with Crippen LogP contribution in [-0.4, -0.2) is 23.3 Å². The van der Waals surface area contributed by atoms with Gasteiger partial charge in [-0.25, -0.2) is 10.4 Å². The summed E-state index contributed by atoms with van der Waals surface area (Å²) in [5.74, 6) is 1.10. The molecule has 1 aromatic carbocycles. The highest BCUT2D eigenvalue weighted by molar-refractivity contribution is 5.79. The topological polar surface area (TPSA) is 79.4 Å². The van der Waals surface area contributed by atoms with E-state index >= 15 is 0 Å². The average molecular weight is 284 g/mol. The van der Waals surface area contributed by atoms with Crippen LogP contribution in [0, 0.1) is 6.92 Å². The monoisotopic (exact) mass is 284 g/mol. The Kier molecular flexibility index (Phi) is 4.87. The van der Waals surface area contributed by atoms with Crippen molar-refractivity contribution < 1.29 is 4.74 Å². The number of nitrogens with zero attached hydrogens (tertiary/aromatic N) is 2. The van der Waals surface area contributed by atoms with Crippen molar-refractivity contribution in [1.82, 2.24) is 9.97 Å².